The highest BCUT2D eigenvalue weighted by molar-refractivity contribution is 5.67. The van der Waals surface area contributed by atoms with Gasteiger partial charge in [-0.15, -0.1) is 0 Å². The first-order valence-electron chi connectivity index (χ1n) is 6.08. The van der Waals surface area contributed by atoms with Crippen molar-refractivity contribution in [2.45, 2.75) is 20.5 Å². The minimum absolute atomic E-state index is 0.174. The molecule has 1 heterocycles. The molecule has 1 aromatic heterocycles. The molecule has 0 aliphatic carbocycles. The van der Waals surface area contributed by atoms with E-state index in [1.54, 1.807) is 6.07 Å². The Hall–Kier alpha value is -2.14. The molecule has 0 spiro atoms. The van der Waals surface area contributed by atoms with Crippen LogP contribution in [0.5, 0.6) is 5.88 Å². The van der Waals surface area contributed by atoms with Gasteiger partial charge in [0, 0.05) is 6.61 Å². The molecule has 2 N–H and O–H groups in total. The highest BCUT2D eigenvalue weighted by Gasteiger charge is 2.13. The number of hydrogen-bond acceptors (Lipinski definition) is 4. The van der Waals surface area contributed by atoms with Crippen LogP contribution in [-0.2, 0) is 11.3 Å². The monoisotopic (exact) mass is 260 g/mol. The molecule has 5 nitrogen and oxygen atoms in total. The van der Waals surface area contributed by atoms with Gasteiger partial charge in [-0.05, 0) is 19.4 Å². The predicted molar refractivity (Wildman–Crippen MR) is 72.0 cm³/mol. The van der Waals surface area contributed by atoms with Crippen molar-refractivity contribution in [3.8, 4) is 17.0 Å². The number of hydrogen-bond donors (Lipinski definition) is 2. The third-order valence-corrected chi connectivity index (χ3v) is 2.70. The van der Waals surface area contributed by atoms with Crippen molar-refractivity contribution in [3.05, 3.63) is 46.0 Å². The molecule has 2 aromatic rings. The molecule has 0 saturated heterocycles. The average molecular weight is 260 g/mol. The van der Waals surface area contributed by atoms with E-state index in [-0.39, 0.29) is 23.6 Å². The van der Waals surface area contributed by atoms with Gasteiger partial charge in [0.25, 0.3) is 5.56 Å². The molecule has 0 saturated carbocycles. The summed E-state index contributed by atoms with van der Waals surface area (Å²) >= 11 is 0. The zero-order valence-corrected chi connectivity index (χ0v) is 10.9. The Morgan fingerprint density at radius 1 is 1.42 bits per heavy atom. The fraction of sp³-hybridized carbons (Fsp3) is 0.286. The Labute approximate surface area is 110 Å². The summed E-state index contributed by atoms with van der Waals surface area (Å²) in [4.78, 5) is 18.6. The molecule has 5 heteroatoms. The third kappa shape index (κ3) is 3.00. The molecular weight excluding hydrogens is 244 g/mol. The van der Waals surface area contributed by atoms with Gasteiger partial charge in [-0.2, -0.15) is 4.98 Å². The van der Waals surface area contributed by atoms with Crippen molar-refractivity contribution < 1.29 is 9.84 Å². The van der Waals surface area contributed by atoms with E-state index >= 15 is 0 Å². The number of rotatable bonds is 4. The number of aromatic amines is 1. The van der Waals surface area contributed by atoms with E-state index in [0.29, 0.717) is 18.0 Å². The molecule has 0 radical (unpaired) electrons. The van der Waals surface area contributed by atoms with Crippen LogP contribution in [0.3, 0.4) is 0 Å². The predicted octanol–water partition coefficient (Wildman–Crippen LogP) is 1.99. The summed E-state index contributed by atoms with van der Waals surface area (Å²) in [5.41, 5.74) is 1.47. The minimum Gasteiger partial charge on any atom is -0.493 e. The minimum atomic E-state index is -0.368. The fourth-order valence-corrected chi connectivity index (χ4v) is 1.83. The summed E-state index contributed by atoms with van der Waals surface area (Å²) in [5.74, 6) is 0.0461. The van der Waals surface area contributed by atoms with Gasteiger partial charge in [-0.3, -0.25) is 4.79 Å². The lowest BCUT2D eigenvalue weighted by Crippen LogP contribution is -2.14. The van der Waals surface area contributed by atoms with E-state index in [0.717, 1.165) is 5.56 Å². The lowest BCUT2D eigenvalue weighted by Gasteiger charge is -2.06. The topological polar surface area (TPSA) is 75.2 Å². The van der Waals surface area contributed by atoms with Crippen LogP contribution in [0.1, 0.15) is 18.3 Å². The van der Waals surface area contributed by atoms with Gasteiger partial charge in [0.05, 0.1) is 0 Å². The van der Waals surface area contributed by atoms with E-state index in [9.17, 15) is 9.90 Å². The Balaban J connectivity index is 2.45. The number of benzene rings is 1. The number of aryl methyl sites for hydroxylation is 1. The van der Waals surface area contributed by atoms with Gasteiger partial charge in [0.15, 0.2) is 0 Å². The lowest BCUT2D eigenvalue weighted by molar-refractivity contribution is 0.127. The van der Waals surface area contributed by atoms with Crippen molar-refractivity contribution in [2.24, 2.45) is 0 Å². The Bertz CT molecular complexity index is 635. The van der Waals surface area contributed by atoms with Gasteiger partial charge in [-0.25, -0.2) is 0 Å². The van der Waals surface area contributed by atoms with Crippen molar-refractivity contribution in [1.29, 1.82) is 0 Å². The Morgan fingerprint density at radius 3 is 2.84 bits per heavy atom. The van der Waals surface area contributed by atoms with Crippen LogP contribution >= 0.6 is 0 Å². The lowest BCUT2D eigenvalue weighted by atomic mass is 10.1. The number of ether oxygens (including phenoxy) is 1. The molecular formula is C14H16N2O3. The first-order chi connectivity index (χ1) is 9.11. The molecule has 100 valence electrons. The Morgan fingerprint density at radius 2 is 2.21 bits per heavy atom. The highest BCUT2D eigenvalue weighted by atomic mass is 16.5. The summed E-state index contributed by atoms with van der Waals surface area (Å²) in [7, 11) is 0. The van der Waals surface area contributed by atoms with Crippen molar-refractivity contribution in [2.75, 3.05) is 6.61 Å². The highest BCUT2D eigenvalue weighted by Crippen LogP contribution is 2.23. The summed E-state index contributed by atoms with van der Waals surface area (Å²) in [5, 5.41) is 9.93. The second-order valence-corrected chi connectivity index (χ2v) is 4.22. The fourth-order valence-electron chi connectivity index (χ4n) is 1.83. The number of H-pyrrole nitrogens is 1. The quantitative estimate of drug-likeness (QED) is 0.881. The van der Waals surface area contributed by atoms with E-state index in [2.05, 4.69) is 9.97 Å². The van der Waals surface area contributed by atoms with Crippen LogP contribution < -0.4 is 5.56 Å². The summed E-state index contributed by atoms with van der Waals surface area (Å²) < 4.78 is 5.15. The molecule has 0 bridgehead atoms. The maximum absolute atomic E-state index is 12.0. The van der Waals surface area contributed by atoms with E-state index in [4.69, 9.17) is 4.74 Å². The maximum atomic E-state index is 12.0. The Kier molecular flexibility index (Phi) is 3.97. The second kappa shape index (κ2) is 5.67. The number of nitrogens with zero attached hydrogens (tertiary/aromatic N) is 1. The van der Waals surface area contributed by atoms with Crippen molar-refractivity contribution >= 4 is 0 Å². The summed E-state index contributed by atoms with van der Waals surface area (Å²) in [6.45, 7) is 4.46. The largest absolute Gasteiger partial charge is 0.493 e. The van der Waals surface area contributed by atoms with Crippen LogP contribution in [0.15, 0.2) is 29.1 Å². The van der Waals surface area contributed by atoms with Crippen LogP contribution in [0, 0.1) is 6.92 Å². The van der Waals surface area contributed by atoms with Crippen LogP contribution in [0.4, 0.5) is 0 Å². The molecule has 0 unspecified atom stereocenters. The zero-order chi connectivity index (χ0) is 13.8. The maximum Gasteiger partial charge on any atom is 0.262 e. The van der Waals surface area contributed by atoms with Gasteiger partial charge >= 0.3 is 0 Å². The van der Waals surface area contributed by atoms with Crippen molar-refractivity contribution in [1.82, 2.24) is 9.97 Å². The number of aromatic nitrogens is 2. The summed E-state index contributed by atoms with van der Waals surface area (Å²) in [6, 6.07) is 7.35. The zero-order valence-electron chi connectivity index (χ0n) is 10.9. The standard InChI is InChI=1S/C14H16N2O3/c1-3-19-8-11-15-13(17)12(14(18)16-11)10-6-4-5-9(2)7-10/h4-7H,3,8H2,1-2H3,(H2,15,16,17,18). The first-order valence-corrected chi connectivity index (χ1v) is 6.08. The average Bonchev–Trinajstić information content (AvgIpc) is 2.35. The van der Waals surface area contributed by atoms with Gasteiger partial charge in [0.1, 0.15) is 18.0 Å². The molecule has 0 aliphatic heterocycles. The van der Waals surface area contributed by atoms with E-state index in [1.165, 1.54) is 0 Å². The third-order valence-electron chi connectivity index (χ3n) is 2.70. The van der Waals surface area contributed by atoms with Crippen LogP contribution in [-0.4, -0.2) is 21.7 Å². The smallest absolute Gasteiger partial charge is 0.262 e. The van der Waals surface area contributed by atoms with Crippen molar-refractivity contribution in [3.63, 3.8) is 0 Å². The second-order valence-electron chi connectivity index (χ2n) is 4.22. The van der Waals surface area contributed by atoms with E-state index < -0.39 is 0 Å². The van der Waals surface area contributed by atoms with Crippen LogP contribution in [0.25, 0.3) is 11.1 Å². The number of nitrogens with one attached hydrogen (secondary N) is 1. The van der Waals surface area contributed by atoms with E-state index in [1.807, 2.05) is 32.0 Å². The summed E-state index contributed by atoms with van der Waals surface area (Å²) in [6.07, 6.45) is 0. The normalized spacial score (nSPS) is 10.6. The van der Waals surface area contributed by atoms with Crippen LogP contribution in [0.2, 0.25) is 0 Å². The number of aromatic hydroxyl groups is 1. The molecule has 0 fully saturated rings. The van der Waals surface area contributed by atoms with Gasteiger partial charge in [-0.1, -0.05) is 29.8 Å². The first kappa shape index (κ1) is 13.3. The molecule has 19 heavy (non-hydrogen) atoms. The van der Waals surface area contributed by atoms with Gasteiger partial charge < -0.3 is 14.8 Å². The molecule has 0 aliphatic rings. The SMILES string of the molecule is CCOCc1nc(O)c(-c2cccc(C)c2)c(=O)[nH]1. The molecule has 2 rings (SSSR count). The molecule has 0 atom stereocenters. The van der Waals surface area contributed by atoms with Gasteiger partial charge in [0.2, 0.25) is 5.88 Å². The molecule has 1 aromatic carbocycles. The molecule has 0 amide bonds.